The number of hydrogen-bond donors (Lipinski definition) is 1. The first kappa shape index (κ1) is 21.5. The number of methoxy groups -OCH3 is 1. The van der Waals surface area contributed by atoms with Gasteiger partial charge in [0, 0.05) is 12.5 Å². The third-order valence-electron chi connectivity index (χ3n) is 11.9. The highest BCUT2D eigenvalue weighted by Crippen LogP contribution is 2.82. The van der Waals surface area contributed by atoms with Crippen LogP contribution >= 0.6 is 0 Å². The highest BCUT2D eigenvalue weighted by Gasteiger charge is 2.77. The molecule has 0 aromatic rings. The molecule has 1 spiro atoms. The molecule has 170 valence electrons. The molecule has 0 bridgehead atoms. The molecule has 0 saturated heterocycles. The van der Waals surface area contributed by atoms with Gasteiger partial charge in [-0.3, -0.25) is 0 Å². The molecule has 5 rings (SSSR count). The van der Waals surface area contributed by atoms with Gasteiger partial charge in [0.25, 0.3) is 0 Å². The van der Waals surface area contributed by atoms with E-state index in [1.807, 2.05) is 7.11 Å². The Bertz CT molecular complexity index is 686. The van der Waals surface area contributed by atoms with Gasteiger partial charge in [-0.2, -0.15) is 0 Å². The monoisotopic (exact) mass is 414 g/mol. The number of hydrogen-bond acceptors (Lipinski definition) is 2. The molecule has 2 nitrogen and oxygen atoms in total. The Morgan fingerprint density at radius 3 is 2.60 bits per heavy atom. The molecule has 5 aliphatic carbocycles. The van der Waals surface area contributed by atoms with Gasteiger partial charge in [0.1, 0.15) is 0 Å². The number of ether oxygens (including phenoxy) is 1. The Hall–Kier alpha value is -0.340. The zero-order valence-corrected chi connectivity index (χ0v) is 20.2. The number of aliphatic hydroxyl groups excluding tert-OH is 1. The first-order valence-corrected chi connectivity index (χ1v) is 13.2. The minimum absolute atomic E-state index is 0.282. The lowest BCUT2D eigenvalue weighted by molar-refractivity contribution is -0.162. The van der Waals surface area contributed by atoms with Crippen molar-refractivity contribution < 1.29 is 9.84 Å². The zero-order chi connectivity index (χ0) is 21.3. The van der Waals surface area contributed by atoms with Crippen LogP contribution in [-0.4, -0.2) is 24.4 Å². The zero-order valence-electron chi connectivity index (χ0n) is 20.2. The maximum atomic E-state index is 10.9. The Morgan fingerprint density at radius 1 is 1.10 bits per heavy atom. The van der Waals surface area contributed by atoms with Crippen LogP contribution in [0.1, 0.15) is 91.9 Å². The van der Waals surface area contributed by atoms with Gasteiger partial charge in [-0.25, -0.2) is 0 Å². The van der Waals surface area contributed by atoms with E-state index < -0.39 is 0 Å². The van der Waals surface area contributed by atoms with Gasteiger partial charge in [0.2, 0.25) is 0 Å². The van der Waals surface area contributed by atoms with Crippen molar-refractivity contribution in [2.75, 3.05) is 7.11 Å². The van der Waals surface area contributed by atoms with E-state index in [9.17, 15) is 5.11 Å². The minimum Gasteiger partial charge on any atom is -0.389 e. The van der Waals surface area contributed by atoms with Gasteiger partial charge in [-0.15, -0.1) is 0 Å². The Morgan fingerprint density at radius 2 is 1.90 bits per heavy atom. The van der Waals surface area contributed by atoms with E-state index in [2.05, 4.69) is 39.8 Å². The molecule has 30 heavy (non-hydrogen) atoms. The van der Waals surface area contributed by atoms with Gasteiger partial charge in [-0.05, 0) is 104 Å². The van der Waals surface area contributed by atoms with E-state index in [4.69, 9.17) is 4.74 Å². The fraction of sp³-hybridized carbons (Fsp3) is 0.929. The maximum Gasteiger partial charge on any atom is 0.0749 e. The number of allylic oxidation sites excluding steroid dienone is 1. The molecule has 0 amide bonds. The fourth-order valence-corrected chi connectivity index (χ4v) is 10.3. The number of unbranched alkanes of at least 4 members (excludes halogenated alkanes) is 1. The lowest BCUT2D eigenvalue weighted by Gasteiger charge is -2.61. The summed E-state index contributed by atoms with van der Waals surface area (Å²) in [5.74, 6) is 4.58. The van der Waals surface area contributed by atoms with Crippen molar-refractivity contribution in [3.63, 3.8) is 0 Å². The number of rotatable bonds is 6. The molecule has 0 radical (unpaired) electrons. The van der Waals surface area contributed by atoms with Crippen LogP contribution in [0.4, 0.5) is 0 Å². The predicted molar refractivity (Wildman–Crippen MR) is 123 cm³/mol. The smallest absolute Gasteiger partial charge is 0.0749 e. The molecule has 5 aliphatic rings. The number of fused-ring (bicyclic) bond motifs is 4. The predicted octanol–water partition coefficient (Wildman–Crippen LogP) is 6.62. The van der Waals surface area contributed by atoms with Crippen molar-refractivity contribution in [3.8, 4) is 0 Å². The molecule has 0 heterocycles. The Kier molecular flexibility index (Phi) is 5.26. The van der Waals surface area contributed by atoms with Crippen LogP contribution in [0.15, 0.2) is 12.2 Å². The van der Waals surface area contributed by atoms with Gasteiger partial charge >= 0.3 is 0 Å². The van der Waals surface area contributed by atoms with Crippen molar-refractivity contribution in [1.82, 2.24) is 0 Å². The second kappa shape index (κ2) is 7.34. The van der Waals surface area contributed by atoms with E-state index in [0.29, 0.717) is 34.2 Å². The Labute approximate surface area is 185 Å². The standard InChI is InChI=1S/C28H46O2/c1-6-7-8-9-24(29)18(2)21-10-11-22-20-16-25(30-5)28-17-19(28)12-15-27(28,4)23(20)13-14-26(21,22)3/h8-9,18-25,29H,6-7,10-17H2,1-5H3/b9-8+/t18-,19+,20-,21+,22-,23-,24-,25+,26+,27+,28-/m0/s1. The normalized spacial score (nSPS) is 53.7. The summed E-state index contributed by atoms with van der Waals surface area (Å²) in [6.45, 7) is 9.81. The molecule has 1 N–H and O–H groups in total. The minimum atomic E-state index is -0.282. The lowest BCUT2D eigenvalue weighted by atomic mass is 9.45. The second-order valence-corrected chi connectivity index (χ2v) is 12.5. The van der Waals surface area contributed by atoms with Crippen molar-refractivity contribution in [2.45, 2.75) is 104 Å². The van der Waals surface area contributed by atoms with E-state index in [1.54, 1.807) is 0 Å². The third kappa shape index (κ3) is 2.68. The first-order valence-electron chi connectivity index (χ1n) is 13.2. The van der Waals surface area contributed by atoms with Crippen molar-refractivity contribution in [1.29, 1.82) is 0 Å². The molecular formula is C28H46O2. The molecular weight excluding hydrogens is 368 g/mol. The van der Waals surface area contributed by atoms with E-state index in [0.717, 1.165) is 36.5 Å². The van der Waals surface area contributed by atoms with Gasteiger partial charge < -0.3 is 9.84 Å². The van der Waals surface area contributed by atoms with E-state index >= 15 is 0 Å². The Balaban J connectivity index is 1.38. The van der Waals surface area contributed by atoms with Gasteiger partial charge in [0.05, 0.1) is 12.2 Å². The molecule has 5 saturated carbocycles. The van der Waals surface area contributed by atoms with Crippen LogP contribution in [0, 0.1) is 51.8 Å². The largest absolute Gasteiger partial charge is 0.389 e. The van der Waals surface area contributed by atoms with Crippen LogP contribution in [0.5, 0.6) is 0 Å². The van der Waals surface area contributed by atoms with E-state index in [-0.39, 0.29) is 6.10 Å². The summed E-state index contributed by atoms with van der Waals surface area (Å²) in [4.78, 5) is 0. The molecule has 0 aliphatic heterocycles. The average Bonchev–Trinajstić information content (AvgIpc) is 3.24. The summed E-state index contributed by atoms with van der Waals surface area (Å²) < 4.78 is 6.26. The fourth-order valence-electron chi connectivity index (χ4n) is 10.3. The van der Waals surface area contributed by atoms with Crippen LogP contribution in [0.25, 0.3) is 0 Å². The molecule has 5 fully saturated rings. The topological polar surface area (TPSA) is 29.5 Å². The first-order chi connectivity index (χ1) is 14.3. The summed E-state index contributed by atoms with van der Waals surface area (Å²) in [6, 6.07) is 0. The summed E-state index contributed by atoms with van der Waals surface area (Å²) in [5.41, 5.74) is 1.46. The highest BCUT2D eigenvalue weighted by molar-refractivity contribution is 5.26. The second-order valence-electron chi connectivity index (χ2n) is 12.5. The molecule has 0 unspecified atom stereocenters. The summed E-state index contributed by atoms with van der Waals surface area (Å²) in [7, 11) is 1.99. The molecule has 11 atom stereocenters. The molecule has 0 aromatic carbocycles. The summed E-state index contributed by atoms with van der Waals surface area (Å²) in [5, 5.41) is 10.9. The SMILES string of the molecule is CCC/C=C/[C@H](O)[C@@H](C)[C@H]1CC[C@H]2[C@@H]3C[C@@H](OC)[C@]45C[C@H]4CC[C@]5(C)[C@H]3CC[C@]12C. The van der Waals surface area contributed by atoms with Crippen LogP contribution in [-0.2, 0) is 4.74 Å². The quantitative estimate of drug-likeness (QED) is 0.495. The van der Waals surface area contributed by atoms with Crippen LogP contribution < -0.4 is 0 Å². The third-order valence-corrected chi connectivity index (χ3v) is 11.9. The average molecular weight is 415 g/mol. The van der Waals surface area contributed by atoms with Crippen LogP contribution in [0.3, 0.4) is 0 Å². The van der Waals surface area contributed by atoms with Crippen molar-refractivity contribution >= 4 is 0 Å². The molecule has 0 aromatic heterocycles. The highest BCUT2D eigenvalue weighted by atomic mass is 16.5. The van der Waals surface area contributed by atoms with Gasteiger partial charge in [0.15, 0.2) is 0 Å². The maximum absolute atomic E-state index is 10.9. The van der Waals surface area contributed by atoms with Crippen molar-refractivity contribution in [3.05, 3.63) is 12.2 Å². The molecule has 2 heteroatoms. The summed E-state index contributed by atoms with van der Waals surface area (Å²) >= 11 is 0. The van der Waals surface area contributed by atoms with Crippen molar-refractivity contribution in [2.24, 2.45) is 51.8 Å². The number of aliphatic hydroxyl groups is 1. The van der Waals surface area contributed by atoms with Gasteiger partial charge in [-0.1, -0.05) is 46.3 Å². The van der Waals surface area contributed by atoms with E-state index in [1.165, 1.54) is 51.4 Å². The lowest BCUT2D eigenvalue weighted by Crippen LogP contribution is -2.57. The summed E-state index contributed by atoms with van der Waals surface area (Å²) in [6.07, 6.45) is 17.9. The van der Waals surface area contributed by atoms with Crippen LogP contribution in [0.2, 0.25) is 0 Å².